The number of hydrogen-bond acceptors (Lipinski definition) is 6. The van der Waals surface area contributed by atoms with Crippen LogP contribution in [-0.4, -0.2) is 24.6 Å². The molecule has 0 aliphatic heterocycles. The molecule has 0 radical (unpaired) electrons. The SMILES string of the molecule is CS(=O)(=O)c1ccc(Oc2cc([N+](=O)[O-])cc(Cl)n2)cc1. The fourth-order valence-corrected chi connectivity index (χ4v) is 2.32. The summed E-state index contributed by atoms with van der Waals surface area (Å²) in [5, 5.41) is 10.6. The maximum absolute atomic E-state index is 11.3. The molecule has 21 heavy (non-hydrogen) atoms. The number of rotatable bonds is 4. The number of sulfone groups is 1. The van der Waals surface area contributed by atoms with Crippen molar-refractivity contribution in [1.82, 2.24) is 4.98 Å². The highest BCUT2D eigenvalue weighted by Gasteiger charge is 2.12. The first kappa shape index (κ1) is 15.2. The lowest BCUT2D eigenvalue weighted by atomic mass is 10.3. The number of aromatic nitrogens is 1. The largest absolute Gasteiger partial charge is 0.439 e. The fraction of sp³-hybridized carbons (Fsp3) is 0.0833. The molecule has 0 bridgehead atoms. The molecule has 1 aromatic carbocycles. The van der Waals surface area contributed by atoms with Gasteiger partial charge in [0.15, 0.2) is 9.84 Å². The Balaban J connectivity index is 2.28. The molecule has 0 unspecified atom stereocenters. The van der Waals surface area contributed by atoms with Gasteiger partial charge < -0.3 is 4.74 Å². The number of nitro groups is 1. The molecule has 0 saturated heterocycles. The van der Waals surface area contributed by atoms with Crippen molar-refractivity contribution < 1.29 is 18.1 Å². The summed E-state index contributed by atoms with van der Waals surface area (Å²) in [6.07, 6.45) is 1.09. The normalized spacial score (nSPS) is 11.1. The van der Waals surface area contributed by atoms with E-state index in [1.807, 2.05) is 0 Å². The Hall–Kier alpha value is -2.19. The molecular weight excluding hydrogens is 320 g/mol. The van der Waals surface area contributed by atoms with Crippen molar-refractivity contribution >= 4 is 27.1 Å². The first-order chi connectivity index (χ1) is 9.75. The second-order valence-corrected chi connectivity index (χ2v) is 6.49. The summed E-state index contributed by atoms with van der Waals surface area (Å²) in [5.41, 5.74) is -0.252. The second-order valence-electron chi connectivity index (χ2n) is 4.09. The van der Waals surface area contributed by atoms with Gasteiger partial charge in [0.2, 0.25) is 5.88 Å². The van der Waals surface area contributed by atoms with Crippen molar-refractivity contribution in [2.24, 2.45) is 0 Å². The van der Waals surface area contributed by atoms with Crippen LogP contribution in [0, 0.1) is 10.1 Å². The molecule has 0 atom stereocenters. The quantitative estimate of drug-likeness (QED) is 0.486. The average molecular weight is 329 g/mol. The third-order valence-corrected chi connectivity index (χ3v) is 3.76. The summed E-state index contributed by atoms with van der Waals surface area (Å²) in [5.74, 6) is 0.229. The molecule has 2 aromatic rings. The van der Waals surface area contributed by atoms with Gasteiger partial charge in [0, 0.05) is 6.26 Å². The molecule has 2 rings (SSSR count). The maximum atomic E-state index is 11.3. The van der Waals surface area contributed by atoms with E-state index in [1.165, 1.54) is 24.3 Å². The first-order valence-corrected chi connectivity index (χ1v) is 7.82. The Labute approximate surface area is 125 Å². The number of hydrogen-bond donors (Lipinski definition) is 0. The molecule has 0 N–H and O–H groups in total. The van der Waals surface area contributed by atoms with Crippen molar-refractivity contribution in [1.29, 1.82) is 0 Å². The zero-order valence-corrected chi connectivity index (χ0v) is 12.3. The Morgan fingerprint density at radius 2 is 1.86 bits per heavy atom. The summed E-state index contributed by atoms with van der Waals surface area (Å²) < 4.78 is 28.0. The van der Waals surface area contributed by atoms with E-state index in [-0.39, 0.29) is 27.4 Å². The predicted molar refractivity (Wildman–Crippen MR) is 75.5 cm³/mol. The summed E-state index contributed by atoms with van der Waals surface area (Å²) in [6, 6.07) is 7.79. The van der Waals surface area contributed by atoms with Crippen LogP contribution in [0.15, 0.2) is 41.3 Å². The smallest absolute Gasteiger partial charge is 0.277 e. The van der Waals surface area contributed by atoms with Gasteiger partial charge in [0.05, 0.1) is 22.0 Å². The van der Waals surface area contributed by atoms with Crippen LogP contribution in [0.5, 0.6) is 11.6 Å². The summed E-state index contributed by atoms with van der Waals surface area (Å²) in [4.78, 5) is 14.0. The predicted octanol–water partition coefficient (Wildman–Crippen LogP) is 2.84. The monoisotopic (exact) mass is 328 g/mol. The van der Waals surface area contributed by atoms with Crippen molar-refractivity contribution in [3.63, 3.8) is 0 Å². The van der Waals surface area contributed by atoms with Crippen LogP contribution in [0.3, 0.4) is 0 Å². The van der Waals surface area contributed by atoms with E-state index in [1.54, 1.807) is 0 Å². The fourth-order valence-electron chi connectivity index (χ4n) is 1.49. The van der Waals surface area contributed by atoms with E-state index in [0.29, 0.717) is 0 Å². The zero-order valence-electron chi connectivity index (χ0n) is 10.7. The van der Waals surface area contributed by atoms with Crippen molar-refractivity contribution in [3.8, 4) is 11.6 Å². The van der Waals surface area contributed by atoms with Gasteiger partial charge in [-0.05, 0) is 24.3 Å². The van der Waals surface area contributed by atoms with Crippen LogP contribution >= 0.6 is 11.6 Å². The summed E-state index contributed by atoms with van der Waals surface area (Å²) in [7, 11) is -3.30. The van der Waals surface area contributed by atoms with Crippen LogP contribution in [0.1, 0.15) is 0 Å². The molecule has 1 aromatic heterocycles. The van der Waals surface area contributed by atoms with Gasteiger partial charge in [-0.1, -0.05) is 11.6 Å². The third kappa shape index (κ3) is 3.89. The van der Waals surface area contributed by atoms with Crippen LogP contribution in [0.4, 0.5) is 5.69 Å². The molecule has 1 heterocycles. The number of ether oxygens (including phenoxy) is 1. The third-order valence-electron chi connectivity index (χ3n) is 2.44. The molecule has 0 spiro atoms. The molecule has 7 nitrogen and oxygen atoms in total. The van der Waals surface area contributed by atoms with Gasteiger partial charge in [-0.25, -0.2) is 13.4 Å². The second kappa shape index (κ2) is 5.66. The zero-order chi connectivity index (χ0) is 15.6. The van der Waals surface area contributed by atoms with Gasteiger partial charge in [-0.15, -0.1) is 0 Å². The van der Waals surface area contributed by atoms with Crippen molar-refractivity contribution in [2.75, 3.05) is 6.26 Å². The lowest BCUT2D eigenvalue weighted by molar-refractivity contribution is -0.385. The van der Waals surface area contributed by atoms with Gasteiger partial charge in [-0.3, -0.25) is 10.1 Å². The summed E-state index contributed by atoms with van der Waals surface area (Å²) in [6.45, 7) is 0. The molecule has 0 aliphatic rings. The van der Waals surface area contributed by atoms with Crippen LogP contribution in [0.25, 0.3) is 0 Å². The molecule has 0 aliphatic carbocycles. The molecular formula is C12H9ClN2O5S. The molecule has 0 saturated carbocycles. The molecule has 110 valence electrons. The van der Waals surface area contributed by atoms with Crippen molar-refractivity contribution in [2.45, 2.75) is 4.90 Å². The van der Waals surface area contributed by atoms with Gasteiger partial charge in [-0.2, -0.15) is 0 Å². The van der Waals surface area contributed by atoms with Gasteiger partial charge >= 0.3 is 0 Å². The van der Waals surface area contributed by atoms with E-state index in [9.17, 15) is 18.5 Å². The van der Waals surface area contributed by atoms with E-state index in [4.69, 9.17) is 16.3 Å². The number of benzene rings is 1. The van der Waals surface area contributed by atoms with Crippen molar-refractivity contribution in [3.05, 3.63) is 51.7 Å². The van der Waals surface area contributed by atoms with E-state index >= 15 is 0 Å². The van der Waals surface area contributed by atoms with E-state index in [2.05, 4.69) is 4.98 Å². The number of pyridine rings is 1. The number of nitrogens with zero attached hydrogens (tertiary/aromatic N) is 2. The maximum Gasteiger partial charge on any atom is 0.277 e. The highest BCUT2D eigenvalue weighted by molar-refractivity contribution is 7.90. The van der Waals surface area contributed by atoms with Gasteiger partial charge in [0.1, 0.15) is 10.9 Å². The van der Waals surface area contributed by atoms with E-state index < -0.39 is 14.8 Å². The average Bonchev–Trinajstić information content (AvgIpc) is 2.37. The lowest BCUT2D eigenvalue weighted by Gasteiger charge is -2.05. The summed E-state index contributed by atoms with van der Waals surface area (Å²) >= 11 is 5.67. The highest BCUT2D eigenvalue weighted by atomic mass is 35.5. The highest BCUT2D eigenvalue weighted by Crippen LogP contribution is 2.26. The molecule has 0 fully saturated rings. The standard InChI is InChI=1S/C12H9ClN2O5S/c1-21(18,19)10-4-2-9(3-5-10)20-12-7-8(15(16)17)6-11(13)14-12/h2-7H,1H3. The Morgan fingerprint density at radius 1 is 1.24 bits per heavy atom. The Kier molecular flexibility index (Phi) is 4.10. The lowest BCUT2D eigenvalue weighted by Crippen LogP contribution is -1.97. The van der Waals surface area contributed by atoms with E-state index in [0.717, 1.165) is 18.4 Å². The topological polar surface area (TPSA) is 99.4 Å². The molecule has 9 heteroatoms. The van der Waals surface area contributed by atoms with Gasteiger partial charge in [0.25, 0.3) is 5.69 Å². The minimum Gasteiger partial charge on any atom is -0.439 e. The van der Waals surface area contributed by atoms with Crippen LogP contribution < -0.4 is 4.74 Å². The minimum absolute atomic E-state index is 0.0543. The minimum atomic E-state index is -3.30. The number of halogens is 1. The Bertz CT molecular complexity index is 790. The van der Waals surface area contributed by atoms with Crippen LogP contribution in [0.2, 0.25) is 5.15 Å². The molecule has 0 amide bonds. The Morgan fingerprint density at radius 3 is 2.38 bits per heavy atom. The van der Waals surface area contributed by atoms with Crippen LogP contribution in [-0.2, 0) is 9.84 Å². The first-order valence-electron chi connectivity index (χ1n) is 5.55.